The van der Waals surface area contributed by atoms with E-state index in [1.54, 1.807) is 78.7 Å². The average Bonchev–Trinajstić information content (AvgIpc) is 2.91. The molecule has 1 aliphatic heterocycles. The minimum atomic E-state index is -1.13. The number of aliphatic hydroxyl groups excluding tert-OH is 1. The summed E-state index contributed by atoms with van der Waals surface area (Å²) < 4.78 is 7.87. The molecule has 8 nitrogen and oxygen atoms in total. The van der Waals surface area contributed by atoms with Crippen molar-refractivity contribution in [2.24, 2.45) is 0 Å². The van der Waals surface area contributed by atoms with Crippen LogP contribution in [-0.4, -0.2) is 40.7 Å². The number of methoxy groups -OCH3 is 1. The third-order valence-electron chi connectivity index (χ3n) is 6.10. The molecule has 9 heteroatoms. The Morgan fingerprint density at radius 1 is 0.892 bits per heavy atom. The fourth-order valence-corrected chi connectivity index (χ4v) is 4.51. The molecule has 3 aromatic carbocycles. The summed E-state index contributed by atoms with van der Waals surface area (Å²) in [5, 5.41) is 15.0. The summed E-state index contributed by atoms with van der Waals surface area (Å²) in [5.74, 6) is 0.275. The van der Waals surface area contributed by atoms with Crippen molar-refractivity contribution in [2.45, 2.75) is 6.23 Å². The molecule has 188 valence electrons. The highest BCUT2D eigenvalue weighted by Crippen LogP contribution is 2.33. The van der Waals surface area contributed by atoms with E-state index in [9.17, 15) is 14.7 Å². The van der Waals surface area contributed by atoms with Crippen LogP contribution in [0.4, 0.5) is 11.5 Å². The number of fused-ring (bicyclic) bond motifs is 1. The van der Waals surface area contributed by atoms with E-state index < -0.39 is 17.5 Å². The lowest BCUT2D eigenvalue weighted by molar-refractivity contribution is 0.173. The number of hydrogen-bond donors (Lipinski definition) is 2. The molecule has 1 atom stereocenters. The largest absolute Gasteiger partial charge is 0.383 e. The first-order valence-electron chi connectivity index (χ1n) is 11.7. The van der Waals surface area contributed by atoms with Crippen LogP contribution < -0.4 is 21.5 Å². The number of ether oxygens (including phenoxy) is 1. The highest BCUT2D eigenvalue weighted by molar-refractivity contribution is 6.30. The van der Waals surface area contributed by atoms with E-state index in [-0.39, 0.29) is 24.5 Å². The predicted octanol–water partition coefficient (Wildman–Crippen LogP) is 3.88. The van der Waals surface area contributed by atoms with Crippen molar-refractivity contribution in [3.05, 3.63) is 122 Å². The van der Waals surface area contributed by atoms with Crippen LogP contribution >= 0.6 is 11.6 Å². The molecule has 0 amide bonds. The molecule has 4 aromatic rings. The molecular weight excluding hydrogens is 492 g/mol. The lowest BCUT2D eigenvalue weighted by Gasteiger charge is -2.36. The zero-order valence-corrected chi connectivity index (χ0v) is 20.8. The van der Waals surface area contributed by atoms with Gasteiger partial charge < -0.3 is 20.1 Å². The van der Waals surface area contributed by atoms with Gasteiger partial charge in [-0.1, -0.05) is 48.0 Å². The second kappa shape index (κ2) is 10.5. The average molecular weight is 517 g/mol. The maximum atomic E-state index is 14.1. The second-order valence-electron chi connectivity index (χ2n) is 8.44. The highest BCUT2D eigenvalue weighted by atomic mass is 35.5. The van der Waals surface area contributed by atoms with Crippen LogP contribution in [0, 0.1) is 0 Å². The van der Waals surface area contributed by atoms with E-state index in [1.165, 1.54) is 4.57 Å². The van der Waals surface area contributed by atoms with Crippen molar-refractivity contribution in [1.29, 1.82) is 0 Å². The van der Waals surface area contributed by atoms with Crippen molar-refractivity contribution in [2.75, 3.05) is 30.5 Å². The number of hydrogen-bond acceptors (Lipinski definition) is 6. The van der Waals surface area contributed by atoms with Crippen molar-refractivity contribution in [3.63, 3.8) is 0 Å². The molecule has 1 unspecified atom stereocenters. The lowest BCUT2D eigenvalue weighted by atomic mass is 10.1. The number of anilines is 2. The Labute approximate surface area is 218 Å². The molecular formula is C28H25ClN4O4. The molecule has 0 saturated heterocycles. The van der Waals surface area contributed by atoms with E-state index in [4.69, 9.17) is 16.3 Å². The molecule has 2 N–H and O–H groups in total. The number of nitrogens with one attached hydrogen (secondary N) is 1. The monoisotopic (exact) mass is 516 g/mol. The van der Waals surface area contributed by atoms with Gasteiger partial charge in [-0.15, -0.1) is 0 Å². The number of nitrogens with zero attached hydrogens (tertiary/aromatic N) is 3. The third kappa shape index (κ3) is 4.70. The van der Waals surface area contributed by atoms with Gasteiger partial charge in [0.25, 0.3) is 5.56 Å². The Bertz CT molecular complexity index is 1550. The van der Waals surface area contributed by atoms with Gasteiger partial charge in [0, 0.05) is 24.4 Å². The highest BCUT2D eigenvalue weighted by Gasteiger charge is 2.33. The molecule has 0 fully saturated rings. The summed E-state index contributed by atoms with van der Waals surface area (Å²) in [7, 11) is 1.55. The maximum Gasteiger partial charge on any atom is 0.341 e. The van der Waals surface area contributed by atoms with Crippen molar-refractivity contribution >= 4 is 28.8 Å². The number of rotatable bonds is 7. The molecule has 2 heterocycles. The first-order valence-corrected chi connectivity index (χ1v) is 12.1. The van der Waals surface area contributed by atoms with Gasteiger partial charge in [0.15, 0.2) is 0 Å². The molecule has 1 aromatic heterocycles. The van der Waals surface area contributed by atoms with E-state index in [2.05, 4.69) is 5.32 Å². The van der Waals surface area contributed by atoms with Crippen LogP contribution in [0.3, 0.4) is 0 Å². The minimum Gasteiger partial charge on any atom is -0.383 e. The maximum absolute atomic E-state index is 14.1. The summed E-state index contributed by atoms with van der Waals surface area (Å²) in [5.41, 5.74) is 1.20. The molecule has 0 radical (unpaired) electrons. The Hall–Kier alpha value is -4.11. The summed E-state index contributed by atoms with van der Waals surface area (Å²) in [6, 6.07) is 24.8. The SMILES string of the molecule is COCCN1c2c(c(=O)n(-c3ccccc3)c(=O)n2-c2ccccc2)C(Nc2ccc(Cl)cc2)=CC1O. The topological polar surface area (TPSA) is 88.7 Å². The van der Waals surface area contributed by atoms with Crippen molar-refractivity contribution in [1.82, 2.24) is 9.13 Å². The van der Waals surface area contributed by atoms with Crippen molar-refractivity contribution < 1.29 is 9.84 Å². The lowest BCUT2D eigenvalue weighted by Crippen LogP contribution is -2.49. The molecule has 37 heavy (non-hydrogen) atoms. The van der Waals surface area contributed by atoms with Crippen LogP contribution in [0.25, 0.3) is 17.1 Å². The first-order chi connectivity index (χ1) is 18.0. The first kappa shape index (κ1) is 24.6. The fourth-order valence-electron chi connectivity index (χ4n) is 4.39. The van der Waals surface area contributed by atoms with Crippen LogP contribution in [-0.2, 0) is 4.74 Å². The van der Waals surface area contributed by atoms with E-state index >= 15 is 0 Å². The van der Waals surface area contributed by atoms with Crippen LogP contribution in [0.5, 0.6) is 0 Å². The van der Waals surface area contributed by atoms with Crippen LogP contribution in [0.15, 0.2) is 101 Å². The van der Waals surface area contributed by atoms with Gasteiger partial charge in [0.1, 0.15) is 17.6 Å². The summed E-state index contributed by atoms with van der Waals surface area (Å²) in [6.45, 7) is 0.519. The third-order valence-corrected chi connectivity index (χ3v) is 6.35. The standard InChI is InChI=1S/C28H25ClN4O4/c1-37-17-16-31-24(34)18-23(30-20-14-12-19(29)13-15-20)25-26(31)32(21-8-4-2-5-9-21)28(36)33(27(25)35)22-10-6-3-7-11-22/h2-15,18,24,30,34H,16-17H2,1H3. The van der Waals surface area contributed by atoms with Gasteiger partial charge in [-0.3, -0.25) is 4.79 Å². The number of benzene rings is 3. The van der Waals surface area contributed by atoms with Gasteiger partial charge in [-0.25, -0.2) is 13.9 Å². The van der Waals surface area contributed by atoms with Gasteiger partial charge in [0.05, 0.1) is 23.7 Å². The molecule has 0 saturated carbocycles. The smallest absolute Gasteiger partial charge is 0.341 e. The molecule has 0 spiro atoms. The Morgan fingerprint density at radius 2 is 1.49 bits per heavy atom. The number of aliphatic hydroxyl groups is 1. The van der Waals surface area contributed by atoms with Gasteiger partial charge in [-0.05, 0) is 54.6 Å². The fraction of sp³-hybridized carbons (Fsp3) is 0.143. The molecule has 0 bridgehead atoms. The second-order valence-corrected chi connectivity index (χ2v) is 8.88. The van der Waals surface area contributed by atoms with E-state index in [0.29, 0.717) is 27.8 Å². The summed E-state index contributed by atoms with van der Waals surface area (Å²) in [6.07, 6.45) is 0.433. The predicted molar refractivity (Wildman–Crippen MR) is 146 cm³/mol. The van der Waals surface area contributed by atoms with E-state index in [0.717, 1.165) is 4.57 Å². The molecule has 1 aliphatic rings. The van der Waals surface area contributed by atoms with Gasteiger partial charge in [0.2, 0.25) is 0 Å². The van der Waals surface area contributed by atoms with Gasteiger partial charge >= 0.3 is 5.69 Å². The quantitative estimate of drug-likeness (QED) is 0.387. The summed E-state index contributed by atoms with van der Waals surface area (Å²) >= 11 is 6.05. The van der Waals surface area contributed by atoms with E-state index in [1.807, 2.05) is 24.3 Å². The van der Waals surface area contributed by atoms with Crippen LogP contribution in [0.2, 0.25) is 5.02 Å². The summed E-state index contributed by atoms with van der Waals surface area (Å²) in [4.78, 5) is 29.7. The number of aromatic nitrogens is 2. The molecule has 0 aliphatic carbocycles. The Morgan fingerprint density at radius 3 is 2.08 bits per heavy atom. The minimum absolute atomic E-state index is 0.239. The zero-order valence-electron chi connectivity index (χ0n) is 20.0. The Balaban J connectivity index is 1.84. The van der Waals surface area contributed by atoms with Gasteiger partial charge in [-0.2, -0.15) is 0 Å². The normalized spacial score (nSPS) is 14.7. The number of halogens is 1. The molecule has 5 rings (SSSR count). The Kier molecular flexibility index (Phi) is 6.96. The number of para-hydroxylation sites is 2. The zero-order chi connectivity index (χ0) is 25.9. The van der Waals surface area contributed by atoms with Crippen LogP contribution in [0.1, 0.15) is 5.56 Å². The van der Waals surface area contributed by atoms with Crippen molar-refractivity contribution in [3.8, 4) is 11.4 Å².